The Labute approximate surface area is 136 Å². The molecule has 0 unspecified atom stereocenters. The molecule has 0 fully saturated rings. The lowest BCUT2D eigenvalue weighted by atomic mass is 9.89. The van der Waals surface area contributed by atoms with Crippen molar-refractivity contribution in [3.63, 3.8) is 0 Å². The van der Waals surface area contributed by atoms with Crippen molar-refractivity contribution in [1.29, 1.82) is 0 Å². The Balaban J connectivity index is 2.45. The van der Waals surface area contributed by atoms with E-state index in [0.717, 1.165) is 22.6 Å². The molecule has 2 rings (SSSR count). The van der Waals surface area contributed by atoms with Crippen LogP contribution in [0.3, 0.4) is 0 Å². The van der Waals surface area contributed by atoms with Gasteiger partial charge in [0.2, 0.25) is 0 Å². The van der Waals surface area contributed by atoms with Gasteiger partial charge in [0, 0.05) is 11.5 Å². The first-order valence-electron chi connectivity index (χ1n) is 7.24. The second-order valence-electron chi connectivity index (χ2n) is 5.18. The summed E-state index contributed by atoms with van der Waals surface area (Å²) >= 11 is 0. The Morgan fingerprint density at radius 3 is 1.61 bits per heavy atom. The third-order valence-corrected chi connectivity index (χ3v) is 3.70. The molecule has 0 aliphatic rings. The van der Waals surface area contributed by atoms with Gasteiger partial charge in [-0.15, -0.1) is 0 Å². The van der Waals surface area contributed by atoms with Crippen LogP contribution in [0.4, 0.5) is 0 Å². The van der Waals surface area contributed by atoms with E-state index in [4.69, 9.17) is 9.47 Å². The van der Waals surface area contributed by atoms with E-state index in [0.29, 0.717) is 5.57 Å². The summed E-state index contributed by atoms with van der Waals surface area (Å²) < 4.78 is 10.4. The molecule has 4 heteroatoms. The molecule has 4 nitrogen and oxygen atoms in total. The zero-order chi connectivity index (χ0) is 16.8. The molecule has 0 radical (unpaired) electrons. The van der Waals surface area contributed by atoms with E-state index < -0.39 is 5.97 Å². The molecular weight excluding hydrogens is 292 g/mol. The van der Waals surface area contributed by atoms with Crippen molar-refractivity contribution < 1.29 is 19.4 Å². The summed E-state index contributed by atoms with van der Waals surface area (Å²) in [5.41, 5.74) is 2.30. The van der Waals surface area contributed by atoms with E-state index in [1.165, 1.54) is 0 Å². The van der Waals surface area contributed by atoms with Crippen LogP contribution in [0, 0.1) is 0 Å². The van der Waals surface area contributed by atoms with Crippen LogP contribution < -0.4 is 9.47 Å². The monoisotopic (exact) mass is 312 g/mol. The summed E-state index contributed by atoms with van der Waals surface area (Å²) in [5.74, 6) is 0.460. The highest BCUT2D eigenvalue weighted by Crippen LogP contribution is 2.30. The summed E-state index contributed by atoms with van der Waals surface area (Å²) in [5, 5.41) is 9.18. The minimum absolute atomic E-state index is 0.150. The van der Waals surface area contributed by atoms with E-state index in [1.807, 2.05) is 48.5 Å². The largest absolute Gasteiger partial charge is 0.497 e. The second kappa shape index (κ2) is 7.49. The molecule has 2 aromatic carbocycles. The van der Waals surface area contributed by atoms with Crippen molar-refractivity contribution in [2.45, 2.75) is 12.8 Å². The lowest BCUT2D eigenvalue weighted by Crippen LogP contribution is -2.03. The molecule has 0 amide bonds. The van der Waals surface area contributed by atoms with Gasteiger partial charge >= 0.3 is 5.97 Å². The Hall–Kier alpha value is -2.75. The molecule has 1 N–H and O–H groups in total. The Bertz CT molecular complexity index is 637. The molecule has 23 heavy (non-hydrogen) atoms. The fourth-order valence-corrected chi connectivity index (χ4v) is 2.33. The number of carbonyl (C=O) groups is 1. The highest BCUT2D eigenvalue weighted by Gasteiger charge is 2.14. The minimum atomic E-state index is -0.919. The van der Waals surface area contributed by atoms with E-state index in [1.54, 1.807) is 27.2 Å². The van der Waals surface area contributed by atoms with Gasteiger partial charge in [-0.25, -0.2) is 4.79 Å². The number of benzene rings is 2. The topological polar surface area (TPSA) is 55.8 Å². The summed E-state index contributed by atoms with van der Waals surface area (Å²) in [6, 6.07) is 15.3. The maximum Gasteiger partial charge on any atom is 0.330 e. The van der Waals surface area contributed by atoms with Gasteiger partial charge < -0.3 is 14.6 Å². The molecule has 0 spiro atoms. The molecule has 0 heterocycles. The summed E-state index contributed by atoms with van der Waals surface area (Å²) in [7, 11) is 3.23. The summed E-state index contributed by atoms with van der Waals surface area (Å²) in [6.07, 6.45) is 1.76. The number of carboxylic acid groups (broad SMARTS) is 1. The van der Waals surface area contributed by atoms with Crippen molar-refractivity contribution in [2.24, 2.45) is 0 Å². The normalized spacial score (nSPS) is 11.4. The van der Waals surface area contributed by atoms with E-state index in [2.05, 4.69) is 0 Å². The first-order chi connectivity index (χ1) is 11.0. The van der Waals surface area contributed by atoms with Gasteiger partial charge in [-0.2, -0.15) is 0 Å². The van der Waals surface area contributed by atoms with Crippen molar-refractivity contribution in [3.05, 3.63) is 71.3 Å². The zero-order valence-electron chi connectivity index (χ0n) is 13.4. The molecule has 0 atom stereocenters. The molecule has 0 saturated carbocycles. The van der Waals surface area contributed by atoms with Gasteiger partial charge in [0.25, 0.3) is 0 Å². The number of hydrogen-bond donors (Lipinski definition) is 1. The average Bonchev–Trinajstić information content (AvgIpc) is 2.59. The standard InChI is InChI=1S/C19H20O4/c1-13(19(20)21)12-18(14-4-8-16(22-2)9-5-14)15-6-10-17(23-3)11-7-15/h4-12,18H,1-3H3,(H,20,21)/b13-12+. The van der Waals surface area contributed by atoms with Gasteiger partial charge in [-0.05, 0) is 42.3 Å². The molecule has 0 saturated heterocycles. The van der Waals surface area contributed by atoms with Crippen molar-refractivity contribution in [3.8, 4) is 11.5 Å². The SMILES string of the molecule is COc1ccc(C(/C=C(\C)C(=O)O)c2ccc(OC)cc2)cc1. The summed E-state index contributed by atoms with van der Waals surface area (Å²) in [6.45, 7) is 1.60. The zero-order valence-corrected chi connectivity index (χ0v) is 13.4. The Kier molecular flexibility index (Phi) is 5.41. The van der Waals surface area contributed by atoms with Gasteiger partial charge in [-0.1, -0.05) is 30.3 Å². The van der Waals surface area contributed by atoms with Gasteiger partial charge in [0.05, 0.1) is 14.2 Å². The number of carboxylic acids is 1. The lowest BCUT2D eigenvalue weighted by Gasteiger charge is -2.16. The smallest absolute Gasteiger partial charge is 0.330 e. The fraction of sp³-hybridized carbons (Fsp3) is 0.211. The number of aliphatic carboxylic acids is 1. The second-order valence-corrected chi connectivity index (χ2v) is 5.18. The molecule has 0 aliphatic heterocycles. The van der Waals surface area contributed by atoms with Crippen molar-refractivity contribution >= 4 is 5.97 Å². The number of hydrogen-bond acceptors (Lipinski definition) is 3. The third-order valence-electron chi connectivity index (χ3n) is 3.70. The molecular formula is C19H20O4. The molecule has 0 aromatic heterocycles. The van der Waals surface area contributed by atoms with E-state index >= 15 is 0 Å². The number of allylic oxidation sites excluding steroid dienone is 1. The Morgan fingerprint density at radius 1 is 0.913 bits per heavy atom. The summed E-state index contributed by atoms with van der Waals surface area (Å²) in [4.78, 5) is 11.2. The molecule has 0 bridgehead atoms. The van der Waals surface area contributed by atoms with Gasteiger partial charge in [0.15, 0.2) is 0 Å². The van der Waals surface area contributed by atoms with Crippen LogP contribution in [0.5, 0.6) is 11.5 Å². The predicted octanol–water partition coefficient (Wildman–Crippen LogP) is 3.87. The Morgan fingerprint density at radius 2 is 1.30 bits per heavy atom. The first-order valence-corrected chi connectivity index (χ1v) is 7.24. The quantitative estimate of drug-likeness (QED) is 0.823. The highest BCUT2D eigenvalue weighted by atomic mass is 16.5. The molecule has 120 valence electrons. The maximum absolute atomic E-state index is 11.2. The molecule has 2 aromatic rings. The van der Waals surface area contributed by atoms with Crippen molar-refractivity contribution in [1.82, 2.24) is 0 Å². The highest BCUT2D eigenvalue weighted by molar-refractivity contribution is 5.86. The van der Waals surface area contributed by atoms with Gasteiger partial charge in [-0.3, -0.25) is 0 Å². The van der Waals surface area contributed by atoms with E-state index in [9.17, 15) is 9.90 Å². The predicted molar refractivity (Wildman–Crippen MR) is 89.2 cm³/mol. The maximum atomic E-state index is 11.2. The lowest BCUT2D eigenvalue weighted by molar-refractivity contribution is -0.132. The van der Waals surface area contributed by atoms with Crippen LogP contribution >= 0.6 is 0 Å². The van der Waals surface area contributed by atoms with Crippen LogP contribution in [0.1, 0.15) is 24.0 Å². The van der Waals surface area contributed by atoms with Crippen LogP contribution in [0.25, 0.3) is 0 Å². The van der Waals surface area contributed by atoms with Gasteiger partial charge in [0.1, 0.15) is 11.5 Å². The minimum Gasteiger partial charge on any atom is -0.497 e. The average molecular weight is 312 g/mol. The van der Waals surface area contributed by atoms with Crippen LogP contribution in [0.2, 0.25) is 0 Å². The number of rotatable bonds is 6. The van der Waals surface area contributed by atoms with Crippen LogP contribution in [0.15, 0.2) is 60.2 Å². The fourth-order valence-electron chi connectivity index (χ4n) is 2.33. The third kappa shape index (κ3) is 4.13. The first kappa shape index (κ1) is 16.6. The van der Waals surface area contributed by atoms with Crippen LogP contribution in [-0.4, -0.2) is 25.3 Å². The van der Waals surface area contributed by atoms with E-state index in [-0.39, 0.29) is 5.92 Å². The van der Waals surface area contributed by atoms with Crippen molar-refractivity contribution in [2.75, 3.05) is 14.2 Å². The molecule has 0 aliphatic carbocycles. The number of ether oxygens (including phenoxy) is 2. The number of methoxy groups -OCH3 is 2. The van der Waals surface area contributed by atoms with Crippen LogP contribution in [-0.2, 0) is 4.79 Å².